The lowest BCUT2D eigenvalue weighted by Crippen LogP contribution is -2.25. The Labute approximate surface area is 142 Å². The highest BCUT2D eigenvalue weighted by Crippen LogP contribution is 2.26. The van der Waals surface area contributed by atoms with Crippen LogP contribution in [0, 0.1) is 0 Å². The quantitative estimate of drug-likeness (QED) is 0.937. The maximum absolute atomic E-state index is 4.98. The highest BCUT2D eigenvalue weighted by atomic mass is 15.3. The summed E-state index contributed by atoms with van der Waals surface area (Å²) in [7, 11) is 0. The van der Waals surface area contributed by atoms with Gasteiger partial charge in [0.2, 0.25) is 0 Å². The van der Waals surface area contributed by atoms with Crippen molar-refractivity contribution in [2.24, 2.45) is 0 Å². The molecule has 2 aliphatic rings. The molecule has 1 aliphatic carbocycles. The minimum Gasteiger partial charge on any atom is -0.312 e. The van der Waals surface area contributed by atoms with E-state index in [2.05, 4.69) is 76.8 Å². The molecule has 1 aliphatic heterocycles. The molecule has 2 aromatic rings. The van der Waals surface area contributed by atoms with Gasteiger partial charge in [-0.2, -0.15) is 5.10 Å². The van der Waals surface area contributed by atoms with Gasteiger partial charge in [-0.3, -0.25) is 4.68 Å². The summed E-state index contributed by atoms with van der Waals surface area (Å²) in [5, 5.41) is 8.47. The summed E-state index contributed by atoms with van der Waals surface area (Å²) in [5.41, 5.74) is 6.26. The molecule has 120 valence electrons. The van der Waals surface area contributed by atoms with Crippen LogP contribution in [0.25, 0.3) is 5.57 Å². The smallest absolute Gasteiger partial charge is 0.0971 e. The lowest BCUT2D eigenvalue weighted by atomic mass is 10.0. The Kier molecular flexibility index (Phi) is 4.26. The first kappa shape index (κ1) is 14.9. The molecule has 2 heterocycles. The second-order valence-corrected chi connectivity index (χ2v) is 6.09. The highest BCUT2D eigenvalue weighted by Gasteiger charge is 2.21. The molecular formula is C21H21N3. The first-order valence-corrected chi connectivity index (χ1v) is 8.47. The molecule has 0 radical (unpaired) electrons. The van der Waals surface area contributed by atoms with Crippen LogP contribution < -0.4 is 5.32 Å². The lowest BCUT2D eigenvalue weighted by Gasteiger charge is -2.16. The standard InChI is InChI=1S/C21H21N3/c1-2-7-11-18(12-8-3-1)21-19-15-22-14-13-20(19)24(23-21)16-17-9-5-4-6-10-17/h1-12,22H,13-16H2. The van der Waals surface area contributed by atoms with Gasteiger partial charge in [0.1, 0.15) is 0 Å². The second kappa shape index (κ2) is 6.85. The number of nitrogens with one attached hydrogen (secondary N) is 1. The Morgan fingerprint density at radius 2 is 1.83 bits per heavy atom. The molecule has 0 bridgehead atoms. The van der Waals surface area contributed by atoms with Crippen LogP contribution in [0.4, 0.5) is 0 Å². The molecule has 24 heavy (non-hydrogen) atoms. The molecule has 3 heteroatoms. The first-order valence-electron chi connectivity index (χ1n) is 8.47. The third-order valence-electron chi connectivity index (χ3n) is 4.45. The van der Waals surface area contributed by atoms with Crippen molar-refractivity contribution in [2.45, 2.75) is 19.5 Å². The van der Waals surface area contributed by atoms with Gasteiger partial charge in [-0.15, -0.1) is 0 Å². The Morgan fingerprint density at radius 1 is 1.00 bits per heavy atom. The van der Waals surface area contributed by atoms with Crippen LogP contribution in [-0.4, -0.2) is 16.3 Å². The summed E-state index contributed by atoms with van der Waals surface area (Å²) in [6.45, 7) is 2.74. The van der Waals surface area contributed by atoms with E-state index in [1.54, 1.807) is 0 Å². The van der Waals surface area contributed by atoms with Crippen LogP contribution in [0.15, 0.2) is 72.9 Å². The molecule has 0 unspecified atom stereocenters. The molecule has 1 aromatic carbocycles. The van der Waals surface area contributed by atoms with E-state index in [4.69, 9.17) is 5.10 Å². The highest BCUT2D eigenvalue weighted by molar-refractivity contribution is 5.76. The van der Waals surface area contributed by atoms with E-state index < -0.39 is 0 Å². The van der Waals surface area contributed by atoms with Gasteiger partial charge in [-0.05, 0) is 5.56 Å². The zero-order valence-corrected chi connectivity index (χ0v) is 13.7. The van der Waals surface area contributed by atoms with Crippen LogP contribution in [-0.2, 0) is 19.5 Å². The number of nitrogens with zero attached hydrogens (tertiary/aromatic N) is 2. The molecule has 0 atom stereocenters. The van der Waals surface area contributed by atoms with Crippen molar-refractivity contribution in [3.05, 3.63) is 95.4 Å². The Hall–Kier alpha value is -2.65. The lowest BCUT2D eigenvalue weighted by molar-refractivity contribution is 0.582. The summed E-state index contributed by atoms with van der Waals surface area (Å²) >= 11 is 0. The van der Waals surface area contributed by atoms with Crippen LogP contribution >= 0.6 is 0 Å². The zero-order chi connectivity index (χ0) is 16.2. The SMILES string of the molecule is C1=CC=CC(c2nn(Cc3ccccc3)c3c2CNCC3)=CC=C1. The normalized spacial score (nSPS) is 16.4. The fraction of sp³-hybridized carbons (Fsp3) is 0.190. The molecule has 3 nitrogen and oxygen atoms in total. The maximum Gasteiger partial charge on any atom is 0.0971 e. The van der Waals surface area contributed by atoms with Crippen molar-refractivity contribution in [1.82, 2.24) is 15.1 Å². The maximum atomic E-state index is 4.98. The minimum absolute atomic E-state index is 0.829. The van der Waals surface area contributed by atoms with Crippen molar-refractivity contribution < 1.29 is 0 Å². The largest absolute Gasteiger partial charge is 0.312 e. The van der Waals surface area contributed by atoms with Gasteiger partial charge < -0.3 is 5.32 Å². The fourth-order valence-electron chi connectivity index (χ4n) is 3.26. The molecule has 0 spiro atoms. The summed E-state index contributed by atoms with van der Waals surface area (Å²) in [4.78, 5) is 0. The van der Waals surface area contributed by atoms with Gasteiger partial charge in [0.15, 0.2) is 0 Å². The topological polar surface area (TPSA) is 29.9 Å². The van der Waals surface area contributed by atoms with Crippen molar-refractivity contribution in [3.63, 3.8) is 0 Å². The average molecular weight is 315 g/mol. The number of rotatable bonds is 3. The van der Waals surface area contributed by atoms with Crippen molar-refractivity contribution in [3.8, 4) is 0 Å². The Balaban J connectivity index is 1.75. The predicted molar refractivity (Wildman–Crippen MR) is 98.6 cm³/mol. The van der Waals surface area contributed by atoms with E-state index >= 15 is 0 Å². The average Bonchev–Trinajstić information content (AvgIpc) is 2.95. The monoisotopic (exact) mass is 315 g/mol. The number of hydrogen-bond acceptors (Lipinski definition) is 2. The number of allylic oxidation sites excluding steroid dienone is 8. The number of fused-ring (bicyclic) bond motifs is 1. The zero-order valence-electron chi connectivity index (χ0n) is 13.7. The van der Waals surface area contributed by atoms with E-state index in [0.717, 1.165) is 31.7 Å². The van der Waals surface area contributed by atoms with E-state index in [-0.39, 0.29) is 0 Å². The van der Waals surface area contributed by atoms with Crippen LogP contribution in [0.2, 0.25) is 0 Å². The molecule has 0 saturated heterocycles. The van der Waals surface area contributed by atoms with Gasteiger partial charge in [-0.25, -0.2) is 0 Å². The van der Waals surface area contributed by atoms with Gasteiger partial charge >= 0.3 is 0 Å². The van der Waals surface area contributed by atoms with E-state index in [1.807, 2.05) is 6.08 Å². The van der Waals surface area contributed by atoms with Gasteiger partial charge in [-0.1, -0.05) is 72.9 Å². The fourth-order valence-corrected chi connectivity index (χ4v) is 3.26. The van der Waals surface area contributed by atoms with Crippen LogP contribution in [0.5, 0.6) is 0 Å². The third-order valence-corrected chi connectivity index (χ3v) is 4.45. The van der Waals surface area contributed by atoms with E-state index in [0.29, 0.717) is 0 Å². The number of aromatic nitrogens is 2. The van der Waals surface area contributed by atoms with Gasteiger partial charge in [0, 0.05) is 36.3 Å². The number of hydrogen-bond donors (Lipinski definition) is 1. The van der Waals surface area contributed by atoms with Crippen molar-refractivity contribution in [1.29, 1.82) is 0 Å². The Morgan fingerprint density at radius 3 is 2.75 bits per heavy atom. The van der Waals surface area contributed by atoms with Crippen LogP contribution in [0.1, 0.15) is 22.5 Å². The van der Waals surface area contributed by atoms with E-state index in [9.17, 15) is 0 Å². The van der Waals surface area contributed by atoms with E-state index in [1.165, 1.54) is 22.4 Å². The van der Waals surface area contributed by atoms with Crippen molar-refractivity contribution in [2.75, 3.05) is 6.54 Å². The third kappa shape index (κ3) is 3.03. The number of benzene rings is 1. The molecule has 1 aromatic heterocycles. The minimum atomic E-state index is 0.829. The first-order chi connectivity index (χ1) is 11.9. The van der Waals surface area contributed by atoms with Crippen molar-refractivity contribution >= 4 is 5.57 Å². The summed E-state index contributed by atoms with van der Waals surface area (Å²) in [5.74, 6) is 0. The Bertz CT molecular complexity index is 835. The van der Waals surface area contributed by atoms with Crippen LogP contribution in [0.3, 0.4) is 0 Å². The molecule has 4 rings (SSSR count). The second-order valence-electron chi connectivity index (χ2n) is 6.09. The predicted octanol–water partition coefficient (Wildman–Crippen LogP) is 3.64. The summed E-state index contributed by atoms with van der Waals surface area (Å²) in [6.07, 6.45) is 15.6. The summed E-state index contributed by atoms with van der Waals surface area (Å²) in [6, 6.07) is 10.6. The van der Waals surface area contributed by atoms with Gasteiger partial charge in [0.05, 0.1) is 12.2 Å². The molecule has 1 N–H and O–H groups in total. The molecule has 0 fully saturated rings. The molecule has 0 saturated carbocycles. The van der Waals surface area contributed by atoms with Gasteiger partial charge in [0.25, 0.3) is 0 Å². The summed E-state index contributed by atoms with van der Waals surface area (Å²) < 4.78 is 2.19. The molecular weight excluding hydrogens is 294 g/mol. The molecule has 0 amide bonds.